The molecule has 3 aliphatic rings. The van der Waals surface area contributed by atoms with Gasteiger partial charge >= 0.3 is 0 Å². The fraction of sp³-hybridized carbons (Fsp3) is 0.800. The Morgan fingerprint density at radius 1 is 1.15 bits per heavy atom. The van der Waals surface area contributed by atoms with Gasteiger partial charge in [-0.15, -0.1) is 0 Å². The number of carbonyl (C=O) groups excluding carboxylic acids is 1. The molecule has 1 aromatic heterocycles. The Hall–Kier alpha value is -1.40. The topological polar surface area (TPSA) is 61.6 Å². The van der Waals surface area contributed by atoms with Crippen LogP contribution in [0.3, 0.4) is 0 Å². The van der Waals surface area contributed by atoms with Gasteiger partial charge in [-0.05, 0) is 70.9 Å². The third-order valence-corrected chi connectivity index (χ3v) is 6.75. The summed E-state index contributed by atoms with van der Waals surface area (Å²) in [5, 5.41) is 14.3. The first-order chi connectivity index (χ1) is 12.6. The summed E-state index contributed by atoms with van der Waals surface area (Å²) in [4.78, 5) is 18.2. The Balaban J connectivity index is 1.45. The molecule has 26 heavy (non-hydrogen) atoms. The molecule has 0 bridgehead atoms. The molecule has 1 atom stereocenters. The standard InChI is InChI=1S/C20H32N4O2/c1-16-8-13-23(21-16)15-14-22-11-2-9-20(22)10-3-12-24(19(20)26)17-4-6-18(25)7-5-17/h8,13,17-18,25H,2-7,9-12,14-15H2,1H3. The number of rotatable bonds is 4. The van der Waals surface area contributed by atoms with E-state index in [0.717, 1.165) is 83.2 Å². The SMILES string of the molecule is Cc1ccn(CCN2CCCC23CCCN(C2CCC(O)CC2)C3=O)n1. The van der Waals surface area contributed by atoms with Gasteiger partial charge in [-0.25, -0.2) is 0 Å². The molecule has 144 valence electrons. The predicted octanol–water partition coefficient (Wildman–Crippen LogP) is 1.95. The van der Waals surface area contributed by atoms with Crippen LogP contribution < -0.4 is 0 Å². The maximum atomic E-state index is 13.6. The normalized spacial score (nSPS) is 33.3. The van der Waals surface area contributed by atoms with Crippen LogP contribution in [0.1, 0.15) is 57.1 Å². The molecular weight excluding hydrogens is 328 g/mol. The lowest BCUT2D eigenvalue weighted by atomic mass is 9.82. The second-order valence-corrected chi connectivity index (χ2v) is 8.41. The quantitative estimate of drug-likeness (QED) is 0.892. The summed E-state index contributed by atoms with van der Waals surface area (Å²) in [6.45, 7) is 5.66. The van der Waals surface area contributed by atoms with Gasteiger partial charge in [-0.2, -0.15) is 5.10 Å². The van der Waals surface area contributed by atoms with Gasteiger partial charge in [0.15, 0.2) is 0 Å². The number of carbonyl (C=O) groups is 1. The maximum absolute atomic E-state index is 13.6. The van der Waals surface area contributed by atoms with Crippen LogP contribution in [-0.2, 0) is 11.3 Å². The molecule has 1 unspecified atom stereocenters. The average Bonchev–Trinajstić information content (AvgIpc) is 3.23. The van der Waals surface area contributed by atoms with Crippen molar-refractivity contribution in [2.45, 2.75) is 82.5 Å². The number of hydrogen-bond donors (Lipinski definition) is 1. The van der Waals surface area contributed by atoms with Gasteiger partial charge in [0.2, 0.25) is 5.91 Å². The van der Waals surface area contributed by atoms with Gasteiger partial charge in [0.05, 0.1) is 18.3 Å². The molecule has 1 spiro atoms. The third kappa shape index (κ3) is 3.29. The van der Waals surface area contributed by atoms with Gasteiger partial charge in [0, 0.05) is 25.3 Å². The molecule has 1 aromatic rings. The molecule has 1 aliphatic carbocycles. The van der Waals surface area contributed by atoms with E-state index >= 15 is 0 Å². The molecule has 3 heterocycles. The Labute approximate surface area is 156 Å². The van der Waals surface area contributed by atoms with Crippen molar-refractivity contribution in [3.63, 3.8) is 0 Å². The fourth-order valence-electron chi connectivity index (χ4n) is 5.33. The van der Waals surface area contributed by atoms with E-state index in [9.17, 15) is 9.90 Å². The van der Waals surface area contributed by atoms with E-state index in [1.807, 2.05) is 23.9 Å². The minimum Gasteiger partial charge on any atom is -0.393 e. The van der Waals surface area contributed by atoms with Crippen molar-refractivity contribution < 1.29 is 9.90 Å². The number of aryl methyl sites for hydroxylation is 1. The first-order valence-electron chi connectivity index (χ1n) is 10.3. The summed E-state index contributed by atoms with van der Waals surface area (Å²) in [5.41, 5.74) is 0.761. The smallest absolute Gasteiger partial charge is 0.243 e. The highest BCUT2D eigenvalue weighted by molar-refractivity contribution is 5.87. The molecule has 2 aliphatic heterocycles. The van der Waals surface area contributed by atoms with Gasteiger partial charge in [-0.3, -0.25) is 14.4 Å². The molecule has 6 heteroatoms. The summed E-state index contributed by atoms with van der Waals surface area (Å²) in [6.07, 6.45) is 9.65. The van der Waals surface area contributed by atoms with Crippen LogP contribution in [0.5, 0.6) is 0 Å². The lowest BCUT2D eigenvalue weighted by Crippen LogP contribution is -2.62. The second-order valence-electron chi connectivity index (χ2n) is 8.41. The molecule has 2 saturated heterocycles. The van der Waals surface area contributed by atoms with Crippen LogP contribution in [0.4, 0.5) is 0 Å². The van der Waals surface area contributed by atoms with Crippen molar-refractivity contribution in [3.05, 3.63) is 18.0 Å². The molecular formula is C20H32N4O2. The number of aliphatic hydroxyl groups excluding tert-OH is 1. The van der Waals surface area contributed by atoms with Crippen LogP contribution >= 0.6 is 0 Å². The van der Waals surface area contributed by atoms with Crippen LogP contribution in [0.15, 0.2) is 12.3 Å². The molecule has 1 saturated carbocycles. The second kappa shape index (κ2) is 7.31. The van der Waals surface area contributed by atoms with Crippen LogP contribution in [0, 0.1) is 6.92 Å². The van der Waals surface area contributed by atoms with E-state index in [-0.39, 0.29) is 11.6 Å². The first-order valence-corrected chi connectivity index (χ1v) is 10.3. The Kier molecular flexibility index (Phi) is 5.06. The predicted molar refractivity (Wildman–Crippen MR) is 99.7 cm³/mol. The van der Waals surface area contributed by atoms with E-state index < -0.39 is 0 Å². The maximum Gasteiger partial charge on any atom is 0.243 e. The summed E-state index contributed by atoms with van der Waals surface area (Å²) < 4.78 is 1.99. The molecule has 0 radical (unpaired) electrons. The minimum absolute atomic E-state index is 0.166. The number of amides is 1. The Morgan fingerprint density at radius 3 is 2.58 bits per heavy atom. The molecule has 3 fully saturated rings. The Morgan fingerprint density at radius 2 is 1.88 bits per heavy atom. The van der Waals surface area contributed by atoms with Crippen molar-refractivity contribution in [1.29, 1.82) is 0 Å². The van der Waals surface area contributed by atoms with Gasteiger partial charge < -0.3 is 10.0 Å². The third-order valence-electron chi connectivity index (χ3n) is 6.75. The number of aliphatic hydroxyl groups is 1. The fourth-order valence-corrected chi connectivity index (χ4v) is 5.33. The monoisotopic (exact) mass is 360 g/mol. The zero-order chi connectivity index (χ0) is 18.1. The summed E-state index contributed by atoms with van der Waals surface area (Å²) in [7, 11) is 0. The molecule has 1 amide bonds. The van der Waals surface area contributed by atoms with Gasteiger partial charge in [0.25, 0.3) is 0 Å². The van der Waals surface area contributed by atoms with Crippen molar-refractivity contribution in [2.24, 2.45) is 0 Å². The summed E-state index contributed by atoms with van der Waals surface area (Å²) >= 11 is 0. The highest BCUT2D eigenvalue weighted by atomic mass is 16.3. The lowest BCUT2D eigenvalue weighted by molar-refractivity contribution is -0.151. The highest BCUT2D eigenvalue weighted by Gasteiger charge is 2.51. The van der Waals surface area contributed by atoms with Crippen LogP contribution in [-0.4, -0.2) is 67.9 Å². The molecule has 4 rings (SSSR count). The van der Waals surface area contributed by atoms with E-state index in [1.165, 1.54) is 0 Å². The molecule has 0 aromatic carbocycles. The zero-order valence-corrected chi connectivity index (χ0v) is 15.9. The van der Waals surface area contributed by atoms with Gasteiger partial charge in [0.1, 0.15) is 5.54 Å². The van der Waals surface area contributed by atoms with E-state index in [2.05, 4.69) is 14.9 Å². The number of nitrogens with zero attached hydrogens (tertiary/aromatic N) is 4. The van der Waals surface area contributed by atoms with Crippen molar-refractivity contribution in [2.75, 3.05) is 19.6 Å². The minimum atomic E-state index is -0.281. The van der Waals surface area contributed by atoms with Crippen molar-refractivity contribution in [3.8, 4) is 0 Å². The summed E-state index contributed by atoms with van der Waals surface area (Å²) in [5.74, 6) is 0.360. The number of likely N-dealkylation sites (tertiary alicyclic amines) is 2. The van der Waals surface area contributed by atoms with Crippen molar-refractivity contribution >= 4 is 5.91 Å². The van der Waals surface area contributed by atoms with Crippen molar-refractivity contribution in [1.82, 2.24) is 19.6 Å². The number of aromatic nitrogens is 2. The molecule has 6 nitrogen and oxygen atoms in total. The number of piperidine rings is 1. The van der Waals surface area contributed by atoms with E-state index in [0.29, 0.717) is 11.9 Å². The number of hydrogen-bond acceptors (Lipinski definition) is 4. The lowest BCUT2D eigenvalue weighted by Gasteiger charge is -2.48. The van der Waals surface area contributed by atoms with E-state index in [1.54, 1.807) is 0 Å². The van der Waals surface area contributed by atoms with Gasteiger partial charge in [-0.1, -0.05) is 0 Å². The Bertz CT molecular complexity index is 638. The van der Waals surface area contributed by atoms with Crippen LogP contribution in [0.2, 0.25) is 0 Å². The van der Waals surface area contributed by atoms with Crippen LogP contribution in [0.25, 0.3) is 0 Å². The summed E-state index contributed by atoms with van der Waals surface area (Å²) in [6, 6.07) is 2.37. The average molecular weight is 361 g/mol. The zero-order valence-electron chi connectivity index (χ0n) is 15.9. The highest BCUT2D eigenvalue weighted by Crippen LogP contribution is 2.40. The molecule has 1 N–H and O–H groups in total. The van der Waals surface area contributed by atoms with E-state index in [4.69, 9.17) is 0 Å². The largest absolute Gasteiger partial charge is 0.393 e. The first kappa shape index (κ1) is 18.0.